The number of para-hydroxylation sites is 2. The second kappa shape index (κ2) is 6.99. The highest BCUT2D eigenvalue weighted by molar-refractivity contribution is 5.96. The number of amides is 1. The highest BCUT2D eigenvalue weighted by Crippen LogP contribution is 2.26. The molecule has 0 bridgehead atoms. The maximum Gasteiger partial charge on any atom is 0.228 e. The lowest BCUT2D eigenvalue weighted by Crippen LogP contribution is -2.36. The molecule has 0 aliphatic carbocycles. The Morgan fingerprint density at radius 3 is 2.84 bits per heavy atom. The number of aromatic nitrogens is 1. The predicted octanol–water partition coefficient (Wildman–Crippen LogP) is 3.19. The Balaban J connectivity index is 1.48. The van der Waals surface area contributed by atoms with Crippen LogP contribution in [-0.2, 0) is 16.0 Å². The van der Waals surface area contributed by atoms with Gasteiger partial charge in [-0.25, -0.2) is 0 Å². The predicted molar refractivity (Wildman–Crippen MR) is 100 cm³/mol. The van der Waals surface area contributed by atoms with Crippen LogP contribution in [0.25, 0.3) is 10.9 Å². The number of aromatic amines is 1. The van der Waals surface area contributed by atoms with Gasteiger partial charge in [0.05, 0.1) is 31.0 Å². The van der Waals surface area contributed by atoms with Gasteiger partial charge in [0.1, 0.15) is 0 Å². The quantitative estimate of drug-likeness (QED) is 0.770. The number of hydrogen-bond donors (Lipinski definition) is 2. The maximum absolute atomic E-state index is 12.5. The van der Waals surface area contributed by atoms with Gasteiger partial charge in [-0.1, -0.05) is 18.2 Å². The number of hydrogen-bond acceptors (Lipinski definition) is 3. The third-order valence-electron chi connectivity index (χ3n) is 4.51. The first-order chi connectivity index (χ1) is 12.3. The summed E-state index contributed by atoms with van der Waals surface area (Å²) in [6, 6.07) is 16.0. The van der Waals surface area contributed by atoms with Gasteiger partial charge in [-0.05, 0) is 41.3 Å². The van der Waals surface area contributed by atoms with E-state index in [2.05, 4.69) is 21.3 Å². The third kappa shape index (κ3) is 3.51. The van der Waals surface area contributed by atoms with Crippen LogP contribution in [-0.4, -0.2) is 37.2 Å². The van der Waals surface area contributed by atoms with Gasteiger partial charge >= 0.3 is 0 Å². The Labute approximate surface area is 146 Å². The molecule has 0 atom stereocenters. The van der Waals surface area contributed by atoms with E-state index in [9.17, 15) is 4.79 Å². The number of ether oxygens (including phenoxy) is 1. The second-order valence-corrected chi connectivity index (χ2v) is 6.24. The van der Waals surface area contributed by atoms with Crippen molar-refractivity contribution in [1.29, 1.82) is 0 Å². The summed E-state index contributed by atoms with van der Waals surface area (Å²) in [5.74, 6) is -0.00408. The van der Waals surface area contributed by atoms with Crippen LogP contribution in [0.2, 0.25) is 0 Å². The fraction of sp³-hybridized carbons (Fsp3) is 0.250. The van der Waals surface area contributed by atoms with Crippen molar-refractivity contribution in [3.8, 4) is 0 Å². The van der Waals surface area contributed by atoms with E-state index in [4.69, 9.17) is 4.74 Å². The first-order valence-corrected chi connectivity index (χ1v) is 8.57. The average molecular weight is 335 g/mol. The molecule has 1 aromatic heterocycles. The SMILES string of the molecule is O=C(Cc1ccc2[nH]ccc2c1)Nc1ccccc1N1CCOCC1. The smallest absolute Gasteiger partial charge is 0.228 e. The molecule has 2 N–H and O–H groups in total. The van der Waals surface area contributed by atoms with E-state index in [0.29, 0.717) is 6.42 Å². The molecular formula is C20H21N3O2. The number of nitrogens with one attached hydrogen (secondary N) is 2. The number of nitrogens with zero attached hydrogens (tertiary/aromatic N) is 1. The van der Waals surface area contributed by atoms with Gasteiger partial charge in [0.15, 0.2) is 0 Å². The number of H-pyrrole nitrogens is 1. The minimum atomic E-state index is -0.00408. The van der Waals surface area contributed by atoms with Crippen LogP contribution < -0.4 is 10.2 Å². The van der Waals surface area contributed by atoms with Crippen LogP contribution in [0.1, 0.15) is 5.56 Å². The van der Waals surface area contributed by atoms with Crippen molar-refractivity contribution in [2.45, 2.75) is 6.42 Å². The van der Waals surface area contributed by atoms with Gasteiger partial charge in [0.25, 0.3) is 0 Å². The minimum absolute atomic E-state index is 0.00408. The van der Waals surface area contributed by atoms with E-state index < -0.39 is 0 Å². The standard InChI is InChI=1S/C20H21N3O2/c24-20(14-15-5-6-17-16(13-15)7-8-21-17)22-18-3-1-2-4-19(18)23-9-11-25-12-10-23/h1-8,13,21H,9-12,14H2,(H,22,24). The van der Waals surface area contributed by atoms with E-state index in [0.717, 1.165) is 54.1 Å². The Kier molecular flexibility index (Phi) is 4.39. The van der Waals surface area contributed by atoms with Crippen molar-refractivity contribution in [3.05, 3.63) is 60.3 Å². The number of carbonyl (C=O) groups excluding carboxylic acids is 1. The Bertz CT molecular complexity index is 881. The van der Waals surface area contributed by atoms with Gasteiger partial charge in [-0.15, -0.1) is 0 Å². The molecule has 2 aromatic carbocycles. The summed E-state index contributed by atoms with van der Waals surface area (Å²) in [5, 5.41) is 4.19. The summed E-state index contributed by atoms with van der Waals surface area (Å²) in [6.45, 7) is 3.13. The van der Waals surface area contributed by atoms with Crippen molar-refractivity contribution < 1.29 is 9.53 Å². The summed E-state index contributed by atoms with van der Waals surface area (Å²) in [7, 11) is 0. The summed E-state index contributed by atoms with van der Waals surface area (Å²) in [6.07, 6.45) is 2.27. The molecule has 5 nitrogen and oxygen atoms in total. The highest BCUT2D eigenvalue weighted by Gasteiger charge is 2.15. The van der Waals surface area contributed by atoms with Crippen molar-refractivity contribution in [2.24, 2.45) is 0 Å². The lowest BCUT2D eigenvalue weighted by Gasteiger charge is -2.30. The average Bonchev–Trinajstić information content (AvgIpc) is 3.10. The number of carbonyl (C=O) groups is 1. The monoisotopic (exact) mass is 335 g/mol. The fourth-order valence-corrected chi connectivity index (χ4v) is 3.25. The highest BCUT2D eigenvalue weighted by atomic mass is 16.5. The molecule has 1 saturated heterocycles. The van der Waals surface area contributed by atoms with Gasteiger partial charge in [-0.2, -0.15) is 0 Å². The van der Waals surface area contributed by atoms with Crippen LogP contribution in [0, 0.1) is 0 Å². The van der Waals surface area contributed by atoms with Crippen LogP contribution in [0.15, 0.2) is 54.7 Å². The van der Waals surface area contributed by atoms with Gasteiger partial charge < -0.3 is 19.9 Å². The summed E-state index contributed by atoms with van der Waals surface area (Å²) >= 11 is 0. The van der Waals surface area contributed by atoms with Crippen LogP contribution >= 0.6 is 0 Å². The molecular weight excluding hydrogens is 314 g/mol. The Morgan fingerprint density at radius 1 is 1.12 bits per heavy atom. The summed E-state index contributed by atoms with van der Waals surface area (Å²) in [4.78, 5) is 18.0. The normalized spacial score (nSPS) is 14.6. The number of benzene rings is 2. The molecule has 4 rings (SSSR count). The summed E-state index contributed by atoms with van der Waals surface area (Å²) < 4.78 is 5.42. The van der Waals surface area contributed by atoms with Crippen molar-refractivity contribution in [2.75, 3.05) is 36.5 Å². The van der Waals surface area contributed by atoms with E-state index in [1.807, 2.05) is 48.7 Å². The Morgan fingerprint density at radius 2 is 1.96 bits per heavy atom. The molecule has 25 heavy (non-hydrogen) atoms. The molecule has 1 amide bonds. The minimum Gasteiger partial charge on any atom is -0.378 e. The number of fused-ring (bicyclic) bond motifs is 1. The zero-order chi connectivity index (χ0) is 17.1. The van der Waals surface area contributed by atoms with Gasteiger partial charge in [0, 0.05) is 24.8 Å². The topological polar surface area (TPSA) is 57.4 Å². The van der Waals surface area contributed by atoms with Crippen LogP contribution in [0.3, 0.4) is 0 Å². The summed E-state index contributed by atoms with van der Waals surface area (Å²) in [5.41, 5.74) is 4.01. The molecule has 2 heterocycles. The van der Waals surface area contributed by atoms with Crippen molar-refractivity contribution in [1.82, 2.24) is 4.98 Å². The third-order valence-corrected chi connectivity index (χ3v) is 4.51. The van der Waals surface area contributed by atoms with Crippen LogP contribution in [0.4, 0.5) is 11.4 Å². The molecule has 0 spiro atoms. The zero-order valence-corrected chi connectivity index (χ0v) is 14.0. The molecule has 0 saturated carbocycles. The van der Waals surface area contributed by atoms with Crippen molar-refractivity contribution in [3.63, 3.8) is 0 Å². The molecule has 5 heteroatoms. The lowest BCUT2D eigenvalue weighted by molar-refractivity contribution is -0.115. The van der Waals surface area contributed by atoms with E-state index in [1.54, 1.807) is 0 Å². The molecule has 3 aromatic rings. The molecule has 0 radical (unpaired) electrons. The van der Waals surface area contributed by atoms with Crippen LogP contribution in [0.5, 0.6) is 0 Å². The molecule has 1 fully saturated rings. The Hall–Kier alpha value is -2.79. The van der Waals surface area contributed by atoms with Crippen molar-refractivity contribution >= 4 is 28.2 Å². The molecule has 1 aliphatic rings. The first-order valence-electron chi connectivity index (χ1n) is 8.57. The largest absolute Gasteiger partial charge is 0.378 e. The van der Waals surface area contributed by atoms with Gasteiger partial charge in [0.2, 0.25) is 5.91 Å². The van der Waals surface area contributed by atoms with E-state index in [1.165, 1.54) is 0 Å². The number of rotatable bonds is 4. The second-order valence-electron chi connectivity index (χ2n) is 6.24. The first kappa shape index (κ1) is 15.7. The molecule has 1 aliphatic heterocycles. The van der Waals surface area contributed by atoms with E-state index in [-0.39, 0.29) is 5.91 Å². The molecule has 128 valence electrons. The maximum atomic E-state index is 12.5. The van der Waals surface area contributed by atoms with Gasteiger partial charge in [-0.3, -0.25) is 4.79 Å². The number of anilines is 2. The van der Waals surface area contributed by atoms with E-state index >= 15 is 0 Å². The zero-order valence-electron chi connectivity index (χ0n) is 14.0. The lowest BCUT2D eigenvalue weighted by atomic mass is 10.1. The molecule has 0 unspecified atom stereocenters. The number of morpholine rings is 1. The fourth-order valence-electron chi connectivity index (χ4n) is 3.25.